The van der Waals surface area contributed by atoms with Crippen molar-refractivity contribution in [2.24, 2.45) is 28.6 Å². The molecule has 4 atom stereocenters. The fourth-order valence-electron chi connectivity index (χ4n) is 6.36. The summed E-state index contributed by atoms with van der Waals surface area (Å²) in [5, 5.41) is 0. The standard InChI is InChI=1S/C21H25BrO/c1-13-4-9-17-20(2,3)19-18(23)15(10-11-21(13,17)19)12-14-5-7-16(22)8-6-14/h5-8,12-13,17,19H,4,9-11H2,1-3H3. The Morgan fingerprint density at radius 3 is 2.57 bits per heavy atom. The SMILES string of the molecule is CC1CCC2C(C)(C)C3C(=O)C(=Cc4ccc(Br)cc4)CCC123. The first-order chi connectivity index (χ1) is 10.9. The van der Waals surface area contributed by atoms with Crippen LogP contribution in [0.4, 0.5) is 0 Å². The lowest BCUT2D eigenvalue weighted by Crippen LogP contribution is -2.66. The number of rotatable bonds is 1. The molecule has 0 amide bonds. The maximum Gasteiger partial charge on any atom is 0.163 e. The Labute approximate surface area is 147 Å². The van der Waals surface area contributed by atoms with E-state index in [-0.39, 0.29) is 11.3 Å². The molecule has 1 aromatic carbocycles. The summed E-state index contributed by atoms with van der Waals surface area (Å²) in [6.45, 7) is 7.05. The molecular weight excluding hydrogens is 348 g/mol. The van der Waals surface area contributed by atoms with Crippen LogP contribution in [0.25, 0.3) is 6.08 Å². The average Bonchev–Trinajstić information content (AvgIpc) is 2.78. The van der Waals surface area contributed by atoms with E-state index in [1.54, 1.807) is 0 Å². The van der Waals surface area contributed by atoms with Gasteiger partial charge < -0.3 is 0 Å². The molecule has 0 heterocycles. The molecule has 3 aliphatic carbocycles. The molecule has 1 aromatic rings. The molecule has 1 nitrogen and oxygen atoms in total. The second-order valence-electron chi connectivity index (χ2n) is 8.48. The first kappa shape index (κ1) is 15.6. The zero-order chi connectivity index (χ0) is 16.4. The van der Waals surface area contributed by atoms with Gasteiger partial charge in [0.15, 0.2) is 5.78 Å². The van der Waals surface area contributed by atoms with Crippen LogP contribution in [0.15, 0.2) is 34.3 Å². The maximum atomic E-state index is 13.3. The van der Waals surface area contributed by atoms with Gasteiger partial charge in [-0.25, -0.2) is 0 Å². The van der Waals surface area contributed by atoms with Crippen molar-refractivity contribution >= 4 is 27.8 Å². The van der Waals surface area contributed by atoms with Crippen LogP contribution in [0.1, 0.15) is 52.0 Å². The summed E-state index contributed by atoms with van der Waals surface area (Å²) in [5.41, 5.74) is 2.69. The van der Waals surface area contributed by atoms with Crippen molar-refractivity contribution in [1.82, 2.24) is 0 Å². The van der Waals surface area contributed by atoms with E-state index in [1.807, 2.05) is 12.1 Å². The molecule has 4 unspecified atom stereocenters. The lowest BCUT2D eigenvalue weighted by atomic mass is 9.35. The van der Waals surface area contributed by atoms with Crippen LogP contribution in [0, 0.1) is 28.6 Å². The highest BCUT2D eigenvalue weighted by Crippen LogP contribution is 2.76. The molecule has 2 heteroatoms. The molecule has 0 N–H and O–H groups in total. The summed E-state index contributed by atoms with van der Waals surface area (Å²) in [5.74, 6) is 2.15. The van der Waals surface area contributed by atoms with Gasteiger partial charge in [-0.05, 0) is 77.7 Å². The molecule has 122 valence electrons. The Balaban J connectivity index is 1.68. The minimum atomic E-state index is 0.182. The Hall–Kier alpha value is -0.890. The zero-order valence-corrected chi connectivity index (χ0v) is 15.8. The van der Waals surface area contributed by atoms with Crippen molar-refractivity contribution in [1.29, 1.82) is 0 Å². The number of carbonyl (C=O) groups is 1. The zero-order valence-electron chi connectivity index (χ0n) is 14.2. The maximum absolute atomic E-state index is 13.3. The highest BCUT2D eigenvalue weighted by atomic mass is 79.9. The number of halogens is 1. The van der Waals surface area contributed by atoms with Crippen LogP contribution >= 0.6 is 15.9 Å². The molecule has 3 fully saturated rings. The molecule has 1 spiro atoms. The molecule has 3 aliphatic rings. The van der Waals surface area contributed by atoms with Gasteiger partial charge in [0, 0.05) is 10.4 Å². The van der Waals surface area contributed by atoms with Crippen molar-refractivity contribution in [3.8, 4) is 0 Å². The number of carbonyl (C=O) groups excluding carboxylic acids is 1. The summed E-state index contributed by atoms with van der Waals surface area (Å²) in [7, 11) is 0. The molecule has 4 rings (SSSR count). The number of benzene rings is 1. The summed E-state index contributed by atoms with van der Waals surface area (Å²) in [6.07, 6.45) is 6.93. The van der Waals surface area contributed by atoms with Crippen molar-refractivity contribution in [2.45, 2.75) is 46.5 Å². The van der Waals surface area contributed by atoms with Crippen molar-refractivity contribution in [3.05, 3.63) is 39.9 Å². The lowest BCUT2D eigenvalue weighted by molar-refractivity contribution is -0.196. The predicted molar refractivity (Wildman–Crippen MR) is 98.0 cm³/mol. The number of hydrogen-bond acceptors (Lipinski definition) is 1. The van der Waals surface area contributed by atoms with E-state index >= 15 is 0 Å². The molecule has 0 saturated heterocycles. The van der Waals surface area contributed by atoms with Gasteiger partial charge in [0.05, 0.1) is 0 Å². The monoisotopic (exact) mass is 372 g/mol. The minimum absolute atomic E-state index is 0.182. The van der Waals surface area contributed by atoms with Crippen LogP contribution < -0.4 is 0 Å². The van der Waals surface area contributed by atoms with E-state index in [2.05, 4.69) is 54.9 Å². The van der Waals surface area contributed by atoms with Crippen LogP contribution in [0.2, 0.25) is 0 Å². The largest absolute Gasteiger partial charge is 0.294 e. The summed E-state index contributed by atoms with van der Waals surface area (Å²) in [4.78, 5) is 13.3. The Kier molecular flexibility index (Phi) is 3.43. The van der Waals surface area contributed by atoms with Crippen molar-refractivity contribution < 1.29 is 4.79 Å². The summed E-state index contributed by atoms with van der Waals surface area (Å²) in [6, 6.07) is 8.26. The number of allylic oxidation sites excluding steroid dienone is 1. The smallest absolute Gasteiger partial charge is 0.163 e. The number of hydrogen-bond donors (Lipinski definition) is 0. The number of ketones is 1. The second-order valence-corrected chi connectivity index (χ2v) is 9.40. The normalized spacial score (nSPS) is 39.7. The Bertz CT molecular complexity index is 684. The minimum Gasteiger partial charge on any atom is -0.294 e. The molecular formula is C21H25BrO. The summed E-state index contributed by atoms with van der Waals surface area (Å²) >= 11 is 3.47. The molecule has 3 saturated carbocycles. The van der Waals surface area contributed by atoms with E-state index in [0.717, 1.165) is 27.9 Å². The van der Waals surface area contributed by atoms with E-state index < -0.39 is 0 Å². The van der Waals surface area contributed by atoms with Gasteiger partial charge in [-0.1, -0.05) is 48.8 Å². The quantitative estimate of drug-likeness (QED) is 0.562. The van der Waals surface area contributed by atoms with Crippen LogP contribution in [-0.4, -0.2) is 5.78 Å². The van der Waals surface area contributed by atoms with Gasteiger partial charge in [0.1, 0.15) is 0 Å². The van der Waals surface area contributed by atoms with Crippen molar-refractivity contribution in [3.63, 3.8) is 0 Å². The molecule has 23 heavy (non-hydrogen) atoms. The molecule has 0 radical (unpaired) electrons. The van der Waals surface area contributed by atoms with Crippen LogP contribution in [0.5, 0.6) is 0 Å². The highest BCUT2D eigenvalue weighted by Gasteiger charge is 2.73. The van der Waals surface area contributed by atoms with Gasteiger partial charge in [-0.2, -0.15) is 0 Å². The molecule has 0 aliphatic heterocycles. The molecule has 0 bridgehead atoms. The van der Waals surface area contributed by atoms with E-state index in [0.29, 0.717) is 17.1 Å². The lowest BCUT2D eigenvalue weighted by Gasteiger charge is -2.67. The Morgan fingerprint density at radius 1 is 1.17 bits per heavy atom. The molecule has 0 aromatic heterocycles. The van der Waals surface area contributed by atoms with E-state index in [4.69, 9.17) is 0 Å². The third-order valence-corrected chi connectivity index (χ3v) is 7.78. The first-order valence-corrected chi connectivity index (χ1v) is 9.67. The number of Topliss-reactive ketones (excluding diaryl/α,β-unsaturated/α-hetero) is 1. The third-order valence-electron chi connectivity index (χ3n) is 7.25. The van der Waals surface area contributed by atoms with E-state index in [1.165, 1.54) is 19.3 Å². The fourth-order valence-corrected chi connectivity index (χ4v) is 6.62. The Morgan fingerprint density at radius 2 is 1.87 bits per heavy atom. The van der Waals surface area contributed by atoms with Gasteiger partial charge in [0.2, 0.25) is 0 Å². The average molecular weight is 373 g/mol. The van der Waals surface area contributed by atoms with Gasteiger partial charge in [-0.15, -0.1) is 0 Å². The third kappa shape index (κ3) is 2.00. The van der Waals surface area contributed by atoms with Crippen LogP contribution in [-0.2, 0) is 4.79 Å². The van der Waals surface area contributed by atoms with Gasteiger partial charge in [-0.3, -0.25) is 4.79 Å². The van der Waals surface area contributed by atoms with Crippen LogP contribution in [0.3, 0.4) is 0 Å². The predicted octanol–water partition coefficient (Wildman–Crippen LogP) is 5.88. The topological polar surface area (TPSA) is 17.1 Å². The van der Waals surface area contributed by atoms with Gasteiger partial charge in [0.25, 0.3) is 0 Å². The van der Waals surface area contributed by atoms with Crippen molar-refractivity contribution in [2.75, 3.05) is 0 Å². The fraction of sp³-hybridized carbons (Fsp3) is 0.571. The van der Waals surface area contributed by atoms with E-state index in [9.17, 15) is 4.79 Å². The second kappa shape index (κ2) is 5.05. The first-order valence-electron chi connectivity index (χ1n) is 8.87. The van der Waals surface area contributed by atoms with Gasteiger partial charge >= 0.3 is 0 Å². The highest BCUT2D eigenvalue weighted by molar-refractivity contribution is 9.10. The summed E-state index contributed by atoms with van der Waals surface area (Å²) < 4.78 is 1.08.